The van der Waals surface area contributed by atoms with Crippen LogP contribution < -0.4 is 0 Å². The summed E-state index contributed by atoms with van der Waals surface area (Å²) in [6.45, 7) is 0.227. The summed E-state index contributed by atoms with van der Waals surface area (Å²) < 4.78 is 7.32. The molecule has 1 fully saturated rings. The van der Waals surface area contributed by atoms with Crippen molar-refractivity contribution in [3.05, 3.63) is 57.1 Å². The summed E-state index contributed by atoms with van der Waals surface area (Å²) in [4.78, 5) is 14.7. The molecule has 1 amide bonds. The van der Waals surface area contributed by atoms with Crippen LogP contribution in [0.25, 0.3) is 11.5 Å². The first-order valence-electron chi connectivity index (χ1n) is 8.34. The lowest BCUT2D eigenvalue weighted by Gasteiger charge is -2.20. The predicted octanol–water partition coefficient (Wildman–Crippen LogP) is 4.84. The molecule has 1 aromatic carbocycles. The van der Waals surface area contributed by atoms with Crippen molar-refractivity contribution in [1.82, 2.24) is 19.7 Å². The van der Waals surface area contributed by atoms with Crippen LogP contribution in [0, 0.1) is 0 Å². The molecule has 140 valence electrons. The van der Waals surface area contributed by atoms with Crippen molar-refractivity contribution in [3.8, 4) is 11.5 Å². The maximum Gasteiger partial charge on any atom is 0.271 e. The first-order chi connectivity index (χ1) is 12.9. The Bertz CT molecular complexity index is 993. The summed E-state index contributed by atoms with van der Waals surface area (Å²) in [5.74, 6) is 0.585. The van der Waals surface area contributed by atoms with Crippen LogP contribution in [-0.4, -0.2) is 31.6 Å². The highest BCUT2D eigenvalue weighted by atomic mass is 35.5. The van der Waals surface area contributed by atoms with Crippen molar-refractivity contribution < 1.29 is 9.21 Å². The molecule has 1 saturated carbocycles. The normalized spacial score (nSPS) is 13.8. The van der Waals surface area contributed by atoms with E-state index in [4.69, 9.17) is 39.2 Å². The zero-order valence-corrected chi connectivity index (χ0v) is 16.6. The molecule has 4 rings (SSSR count). The first-order valence-corrected chi connectivity index (χ1v) is 9.47. The van der Waals surface area contributed by atoms with E-state index in [1.165, 1.54) is 0 Å². The number of halogens is 3. The Balaban J connectivity index is 1.56. The maximum atomic E-state index is 13.0. The van der Waals surface area contributed by atoms with Crippen molar-refractivity contribution in [3.63, 3.8) is 0 Å². The van der Waals surface area contributed by atoms with E-state index in [0.29, 0.717) is 32.7 Å². The van der Waals surface area contributed by atoms with Crippen LogP contribution in [0.1, 0.15) is 29.2 Å². The van der Waals surface area contributed by atoms with E-state index in [-0.39, 0.29) is 18.5 Å². The summed E-state index contributed by atoms with van der Waals surface area (Å²) in [5.41, 5.74) is 1.19. The maximum absolute atomic E-state index is 13.0. The van der Waals surface area contributed by atoms with Gasteiger partial charge < -0.3 is 13.9 Å². The van der Waals surface area contributed by atoms with Gasteiger partial charge in [0.15, 0.2) is 0 Å². The van der Waals surface area contributed by atoms with E-state index in [1.54, 1.807) is 46.8 Å². The summed E-state index contributed by atoms with van der Waals surface area (Å²) in [7, 11) is 1.71. The molecule has 2 aromatic heterocycles. The van der Waals surface area contributed by atoms with Gasteiger partial charge in [-0.1, -0.05) is 34.8 Å². The van der Waals surface area contributed by atoms with Crippen LogP contribution in [0.2, 0.25) is 15.2 Å². The van der Waals surface area contributed by atoms with Gasteiger partial charge >= 0.3 is 0 Å². The lowest BCUT2D eigenvalue weighted by Crippen LogP contribution is -2.33. The Morgan fingerprint density at radius 2 is 1.93 bits per heavy atom. The van der Waals surface area contributed by atoms with E-state index in [2.05, 4.69) is 10.2 Å². The van der Waals surface area contributed by atoms with Gasteiger partial charge in [-0.25, -0.2) is 0 Å². The molecule has 0 saturated heterocycles. The number of aromatic nitrogens is 3. The molecule has 0 spiro atoms. The van der Waals surface area contributed by atoms with E-state index >= 15 is 0 Å². The summed E-state index contributed by atoms with van der Waals surface area (Å²) in [5, 5.41) is 9.46. The van der Waals surface area contributed by atoms with Crippen molar-refractivity contribution in [2.24, 2.45) is 7.05 Å². The largest absolute Gasteiger partial charge is 0.419 e. The third kappa shape index (κ3) is 3.70. The molecule has 27 heavy (non-hydrogen) atoms. The molecule has 1 aliphatic carbocycles. The van der Waals surface area contributed by atoms with Gasteiger partial charge in [0, 0.05) is 23.7 Å². The lowest BCUT2D eigenvalue weighted by atomic mass is 10.2. The minimum absolute atomic E-state index is 0.149. The van der Waals surface area contributed by atoms with Crippen LogP contribution >= 0.6 is 34.8 Å². The Kier molecular flexibility index (Phi) is 4.88. The Morgan fingerprint density at radius 1 is 1.22 bits per heavy atom. The number of hydrogen-bond donors (Lipinski definition) is 0. The molecule has 0 N–H and O–H groups in total. The fourth-order valence-electron chi connectivity index (χ4n) is 2.82. The fraction of sp³-hybridized carbons (Fsp3) is 0.278. The van der Waals surface area contributed by atoms with Gasteiger partial charge in [0.25, 0.3) is 5.91 Å². The van der Waals surface area contributed by atoms with Crippen LogP contribution in [0.15, 0.2) is 34.7 Å². The van der Waals surface area contributed by atoms with Crippen molar-refractivity contribution in [2.75, 3.05) is 0 Å². The monoisotopic (exact) mass is 424 g/mol. The molecule has 0 aliphatic heterocycles. The zero-order valence-electron chi connectivity index (χ0n) is 14.3. The Hall–Kier alpha value is -2.02. The van der Waals surface area contributed by atoms with Crippen molar-refractivity contribution in [1.29, 1.82) is 0 Å². The van der Waals surface area contributed by atoms with E-state index in [9.17, 15) is 4.79 Å². The van der Waals surface area contributed by atoms with Crippen LogP contribution in [0.5, 0.6) is 0 Å². The van der Waals surface area contributed by atoms with E-state index in [1.807, 2.05) is 0 Å². The third-order valence-corrected chi connectivity index (χ3v) is 5.54. The second kappa shape index (κ2) is 7.19. The Labute approximate surface area is 170 Å². The SMILES string of the molecule is Cn1c(C(=O)N(Cc2nnc(-c3ccc(Cl)cc3)o2)C2CC2)cc(Cl)c1Cl. The van der Waals surface area contributed by atoms with Gasteiger partial charge in [-0.3, -0.25) is 4.79 Å². The predicted molar refractivity (Wildman–Crippen MR) is 103 cm³/mol. The summed E-state index contributed by atoms with van der Waals surface area (Å²) >= 11 is 18.0. The number of carbonyl (C=O) groups excluding carboxylic acids is 1. The molecule has 6 nitrogen and oxygen atoms in total. The summed E-state index contributed by atoms with van der Waals surface area (Å²) in [6, 6.07) is 8.84. The number of rotatable bonds is 5. The average Bonchev–Trinajstić information content (AvgIpc) is 3.34. The zero-order chi connectivity index (χ0) is 19.1. The Morgan fingerprint density at radius 3 is 2.52 bits per heavy atom. The van der Waals surface area contributed by atoms with Gasteiger partial charge in [0.05, 0.1) is 11.6 Å². The van der Waals surface area contributed by atoms with Gasteiger partial charge in [0.1, 0.15) is 10.8 Å². The lowest BCUT2D eigenvalue weighted by molar-refractivity contribution is 0.0704. The molecule has 0 radical (unpaired) electrons. The average molecular weight is 426 g/mol. The number of nitrogens with zero attached hydrogens (tertiary/aromatic N) is 4. The van der Waals surface area contributed by atoms with Gasteiger partial charge in [-0.05, 0) is 43.2 Å². The fourth-order valence-corrected chi connectivity index (χ4v) is 3.32. The van der Waals surface area contributed by atoms with Gasteiger partial charge in [0.2, 0.25) is 11.8 Å². The number of carbonyl (C=O) groups is 1. The molecule has 9 heteroatoms. The molecule has 2 heterocycles. The van der Waals surface area contributed by atoms with Crippen LogP contribution in [0.4, 0.5) is 0 Å². The molecule has 0 unspecified atom stereocenters. The first kappa shape index (κ1) is 18.3. The minimum Gasteiger partial charge on any atom is -0.419 e. The third-order valence-electron chi connectivity index (χ3n) is 4.45. The standard InChI is InChI=1S/C18H15Cl3N4O2/c1-24-14(8-13(20)16(24)21)18(26)25(12-6-7-12)9-15-22-23-17(27-15)10-2-4-11(19)5-3-10/h2-5,8,12H,6-7,9H2,1H3. The van der Waals surface area contributed by atoms with E-state index < -0.39 is 0 Å². The quantitative estimate of drug-likeness (QED) is 0.587. The molecular weight excluding hydrogens is 411 g/mol. The molecule has 0 atom stereocenters. The van der Waals surface area contributed by atoms with Crippen LogP contribution in [-0.2, 0) is 13.6 Å². The smallest absolute Gasteiger partial charge is 0.271 e. The number of benzene rings is 1. The number of amides is 1. The van der Waals surface area contributed by atoms with Crippen molar-refractivity contribution in [2.45, 2.75) is 25.4 Å². The molecule has 3 aromatic rings. The van der Waals surface area contributed by atoms with E-state index in [0.717, 1.165) is 18.4 Å². The van der Waals surface area contributed by atoms with Crippen LogP contribution in [0.3, 0.4) is 0 Å². The topological polar surface area (TPSA) is 64.2 Å². The molecular formula is C18H15Cl3N4O2. The van der Waals surface area contributed by atoms with Gasteiger partial charge in [-0.15, -0.1) is 10.2 Å². The summed E-state index contributed by atoms with van der Waals surface area (Å²) in [6.07, 6.45) is 1.88. The highest BCUT2D eigenvalue weighted by Crippen LogP contribution is 2.32. The highest BCUT2D eigenvalue weighted by Gasteiger charge is 2.35. The highest BCUT2D eigenvalue weighted by molar-refractivity contribution is 6.41. The van der Waals surface area contributed by atoms with Crippen molar-refractivity contribution >= 4 is 40.7 Å². The second-order valence-corrected chi connectivity index (χ2v) is 7.60. The molecule has 1 aliphatic rings. The second-order valence-electron chi connectivity index (χ2n) is 6.40. The molecule has 0 bridgehead atoms. The number of hydrogen-bond acceptors (Lipinski definition) is 4. The minimum atomic E-state index is -0.167. The van der Waals surface area contributed by atoms with Gasteiger partial charge in [-0.2, -0.15) is 0 Å².